The summed E-state index contributed by atoms with van der Waals surface area (Å²) < 4.78 is 31.6. The molecule has 1 rings (SSSR count). The molecule has 162 valence electrons. The lowest BCUT2D eigenvalue weighted by Crippen LogP contribution is -2.46. The molecule has 0 spiro atoms. The van der Waals surface area contributed by atoms with Crippen molar-refractivity contribution in [2.24, 2.45) is 0 Å². The maximum atomic E-state index is 12.7. The van der Waals surface area contributed by atoms with Crippen LogP contribution in [0.1, 0.15) is 43.6 Å². The van der Waals surface area contributed by atoms with E-state index < -0.39 is 34.5 Å². The third kappa shape index (κ3) is 6.53. The van der Waals surface area contributed by atoms with Crippen LogP contribution in [0.15, 0.2) is 23.1 Å². The van der Waals surface area contributed by atoms with Gasteiger partial charge in [-0.15, -0.1) is 0 Å². The van der Waals surface area contributed by atoms with Gasteiger partial charge in [0.25, 0.3) is 5.91 Å². The number of aryl methyl sites for hydroxylation is 1. The van der Waals surface area contributed by atoms with E-state index in [0.29, 0.717) is 25.2 Å². The summed E-state index contributed by atoms with van der Waals surface area (Å²) in [7, 11) is -3.73. The molecule has 10 heteroatoms. The van der Waals surface area contributed by atoms with Gasteiger partial charge in [-0.2, -0.15) is 4.31 Å². The van der Waals surface area contributed by atoms with Crippen LogP contribution in [0.4, 0.5) is 0 Å². The van der Waals surface area contributed by atoms with Gasteiger partial charge in [-0.25, -0.2) is 13.2 Å². The predicted octanol–water partition coefficient (Wildman–Crippen LogP) is 0.823. The summed E-state index contributed by atoms with van der Waals surface area (Å²) in [6, 6.07) is 3.43. The second-order valence-electron chi connectivity index (χ2n) is 6.33. The van der Waals surface area contributed by atoms with E-state index in [1.54, 1.807) is 27.7 Å². The van der Waals surface area contributed by atoms with Gasteiger partial charge in [0, 0.05) is 19.6 Å². The van der Waals surface area contributed by atoms with Crippen molar-refractivity contribution in [3.05, 3.63) is 29.3 Å². The average Bonchev–Trinajstić information content (AvgIpc) is 2.67. The van der Waals surface area contributed by atoms with Crippen molar-refractivity contribution >= 4 is 27.8 Å². The second-order valence-corrected chi connectivity index (χ2v) is 8.26. The molecule has 0 unspecified atom stereocenters. The lowest BCUT2D eigenvalue weighted by molar-refractivity contribution is -0.130. The number of sulfonamides is 1. The molecule has 0 aliphatic heterocycles. The van der Waals surface area contributed by atoms with Crippen molar-refractivity contribution in [2.75, 3.05) is 26.2 Å². The molecule has 0 radical (unpaired) electrons. The van der Waals surface area contributed by atoms with Crippen LogP contribution in [0.5, 0.6) is 0 Å². The van der Waals surface area contributed by atoms with Crippen LogP contribution in [0.25, 0.3) is 0 Å². The Labute approximate surface area is 171 Å². The minimum atomic E-state index is -3.73. The highest BCUT2D eigenvalue weighted by Gasteiger charge is 2.24. The number of esters is 1. The van der Waals surface area contributed by atoms with Crippen LogP contribution in [0.3, 0.4) is 0 Å². The van der Waals surface area contributed by atoms with E-state index in [9.17, 15) is 22.8 Å². The van der Waals surface area contributed by atoms with Gasteiger partial charge < -0.3 is 15.4 Å². The summed E-state index contributed by atoms with van der Waals surface area (Å²) in [6.07, 6.45) is 0. The first-order valence-corrected chi connectivity index (χ1v) is 10.9. The summed E-state index contributed by atoms with van der Waals surface area (Å²) in [4.78, 5) is 35.9. The summed E-state index contributed by atoms with van der Waals surface area (Å²) in [5.41, 5.74) is 0.576. The first-order valence-electron chi connectivity index (χ1n) is 9.43. The number of rotatable bonds is 10. The van der Waals surface area contributed by atoms with Gasteiger partial charge in [0.1, 0.15) is 6.04 Å². The molecule has 2 N–H and O–H groups in total. The van der Waals surface area contributed by atoms with Crippen LogP contribution in [-0.4, -0.2) is 62.8 Å². The monoisotopic (exact) mass is 427 g/mol. The highest BCUT2D eigenvalue weighted by Crippen LogP contribution is 2.20. The number of carbonyl (C=O) groups excluding carboxylic acids is 3. The average molecular weight is 428 g/mol. The zero-order chi connectivity index (χ0) is 22.2. The van der Waals surface area contributed by atoms with E-state index in [0.717, 1.165) is 0 Å². The van der Waals surface area contributed by atoms with Crippen molar-refractivity contribution in [3.63, 3.8) is 0 Å². The van der Waals surface area contributed by atoms with Crippen LogP contribution in [-0.2, 0) is 24.3 Å². The van der Waals surface area contributed by atoms with Gasteiger partial charge in [0.2, 0.25) is 15.9 Å². The van der Waals surface area contributed by atoms with Crippen molar-refractivity contribution < 1.29 is 27.5 Å². The van der Waals surface area contributed by atoms with Gasteiger partial charge in [-0.3, -0.25) is 9.59 Å². The number of carbonyl (C=O) groups is 3. The fourth-order valence-corrected chi connectivity index (χ4v) is 4.06. The molecule has 1 aromatic carbocycles. The fourth-order valence-electron chi connectivity index (χ4n) is 2.58. The highest BCUT2D eigenvalue weighted by molar-refractivity contribution is 7.89. The molecule has 0 saturated heterocycles. The third-order valence-corrected chi connectivity index (χ3v) is 6.27. The Kier molecular flexibility index (Phi) is 9.25. The Morgan fingerprint density at radius 2 is 1.76 bits per heavy atom. The molecular formula is C19H29N3O6S. The van der Waals surface area contributed by atoms with Crippen LogP contribution in [0, 0.1) is 6.92 Å². The maximum Gasteiger partial charge on any atom is 0.338 e. The predicted molar refractivity (Wildman–Crippen MR) is 108 cm³/mol. The normalized spacial score (nSPS) is 12.3. The first-order chi connectivity index (χ1) is 13.6. The summed E-state index contributed by atoms with van der Waals surface area (Å²) >= 11 is 0. The molecule has 2 amide bonds. The molecule has 0 fully saturated rings. The molecular weight excluding hydrogens is 398 g/mol. The number of nitrogens with zero attached hydrogens (tertiary/aromatic N) is 1. The van der Waals surface area contributed by atoms with Crippen molar-refractivity contribution in [3.8, 4) is 0 Å². The number of hydrogen-bond acceptors (Lipinski definition) is 6. The first kappa shape index (κ1) is 24.6. The maximum absolute atomic E-state index is 12.7. The van der Waals surface area contributed by atoms with Gasteiger partial charge >= 0.3 is 5.97 Å². The SMILES string of the molecule is CCNC(=O)[C@H](C)NC(=O)COC(=O)c1cc(S(=O)(=O)N(CC)CC)ccc1C. The topological polar surface area (TPSA) is 122 Å². The molecule has 0 bridgehead atoms. The zero-order valence-electron chi connectivity index (χ0n) is 17.4. The Balaban J connectivity index is 2.87. The lowest BCUT2D eigenvalue weighted by Gasteiger charge is -2.19. The second kappa shape index (κ2) is 10.9. The number of benzene rings is 1. The molecule has 1 atom stereocenters. The Hall–Kier alpha value is -2.46. The third-order valence-electron chi connectivity index (χ3n) is 4.23. The number of hydrogen-bond donors (Lipinski definition) is 2. The standard InChI is InChI=1S/C19H29N3O6S/c1-6-20-18(24)14(5)21-17(23)12-28-19(25)16-11-15(10-9-13(16)4)29(26,27)22(7-2)8-3/h9-11,14H,6-8,12H2,1-5H3,(H,20,24)(H,21,23)/t14-/m0/s1. The molecule has 0 aromatic heterocycles. The lowest BCUT2D eigenvalue weighted by atomic mass is 10.1. The quantitative estimate of drug-likeness (QED) is 0.533. The Bertz CT molecular complexity index is 850. The number of amides is 2. The van der Waals surface area contributed by atoms with E-state index in [1.807, 2.05) is 0 Å². The zero-order valence-corrected chi connectivity index (χ0v) is 18.3. The van der Waals surface area contributed by atoms with E-state index in [4.69, 9.17) is 4.74 Å². The molecule has 0 aliphatic carbocycles. The Morgan fingerprint density at radius 1 is 1.14 bits per heavy atom. The molecule has 9 nitrogen and oxygen atoms in total. The minimum Gasteiger partial charge on any atom is -0.452 e. The molecule has 0 heterocycles. The van der Waals surface area contributed by atoms with E-state index in [1.165, 1.54) is 29.4 Å². The minimum absolute atomic E-state index is 0.0203. The van der Waals surface area contributed by atoms with Crippen LogP contribution >= 0.6 is 0 Å². The number of likely N-dealkylation sites (N-methyl/N-ethyl adjacent to an activating group) is 1. The van der Waals surface area contributed by atoms with Crippen LogP contribution < -0.4 is 10.6 Å². The fraction of sp³-hybridized carbons (Fsp3) is 0.526. The smallest absolute Gasteiger partial charge is 0.338 e. The van der Waals surface area contributed by atoms with E-state index in [-0.39, 0.29) is 16.4 Å². The summed E-state index contributed by atoms with van der Waals surface area (Å²) in [5, 5.41) is 4.99. The van der Waals surface area contributed by atoms with Gasteiger partial charge in [-0.05, 0) is 38.5 Å². The number of nitrogens with one attached hydrogen (secondary N) is 2. The summed E-state index contributed by atoms with van der Waals surface area (Å²) in [6.45, 7) is 8.81. The van der Waals surface area contributed by atoms with Crippen LogP contribution in [0.2, 0.25) is 0 Å². The molecule has 0 aliphatic rings. The van der Waals surface area contributed by atoms with Crippen molar-refractivity contribution in [1.29, 1.82) is 0 Å². The number of ether oxygens (including phenoxy) is 1. The largest absolute Gasteiger partial charge is 0.452 e. The van der Waals surface area contributed by atoms with Gasteiger partial charge in [-0.1, -0.05) is 19.9 Å². The van der Waals surface area contributed by atoms with E-state index in [2.05, 4.69) is 10.6 Å². The Morgan fingerprint density at radius 3 is 2.31 bits per heavy atom. The van der Waals surface area contributed by atoms with Gasteiger partial charge in [0.15, 0.2) is 6.61 Å². The van der Waals surface area contributed by atoms with Crippen molar-refractivity contribution in [2.45, 2.75) is 45.6 Å². The molecule has 1 aromatic rings. The van der Waals surface area contributed by atoms with E-state index >= 15 is 0 Å². The highest BCUT2D eigenvalue weighted by atomic mass is 32.2. The van der Waals surface area contributed by atoms with Gasteiger partial charge in [0.05, 0.1) is 10.5 Å². The molecule has 0 saturated carbocycles. The summed E-state index contributed by atoms with van der Waals surface area (Å²) in [5.74, 6) is -1.81. The van der Waals surface area contributed by atoms with Crippen molar-refractivity contribution in [1.82, 2.24) is 14.9 Å². The molecule has 29 heavy (non-hydrogen) atoms.